The highest BCUT2D eigenvalue weighted by Crippen LogP contribution is 2.17. The number of carboxylic acid groups (broad SMARTS) is 1. The molecule has 0 aliphatic heterocycles. The highest BCUT2D eigenvalue weighted by molar-refractivity contribution is 14.1. The van der Waals surface area contributed by atoms with Gasteiger partial charge in [0.15, 0.2) is 5.82 Å². The summed E-state index contributed by atoms with van der Waals surface area (Å²) in [6, 6.07) is 0.847. The molecule has 0 saturated carbocycles. The lowest BCUT2D eigenvalue weighted by atomic mass is 10.3. The number of carboxylic acids is 1. The van der Waals surface area contributed by atoms with Crippen molar-refractivity contribution in [3.63, 3.8) is 0 Å². The Balaban J connectivity index is 3.33. The van der Waals surface area contributed by atoms with Crippen LogP contribution in [-0.4, -0.2) is 16.1 Å². The van der Waals surface area contributed by atoms with Gasteiger partial charge in [0.05, 0.1) is 5.56 Å². The highest BCUT2D eigenvalue weighted by atomic mass is 127. The minimum Gasteiger partial charge on any atom is -0.478 e. The normalized spacial score (nSPS) is 9.92. The second-order valence-electron chi connectivity index (χ2n) is 1.90. The summed E-state index contributed by atoms with van der Waals surface area (Å²) in [6.45, 7) is 0. The third-order valence-corrected chi connectivity index (χ3v) is 2.16. The quantitative estimate of drug-likeness (QED) is 0.639. The predicted molar refractivity (Wildman–Crippen MR) is 48.9 cm³/mol. The molecule has 1 N–H and O–H groups in total. The first-order valence-electron chi connectivity index (χ1n) is 2.77. The molecular formula is C6H2ClFINO2. The average Bonchev–Trinajstić information content (AvgIpc) is 1.96. The third kappa shape index (κ3) is 1.84. The monoisotopic (exact) mass is 301 g/mol. The first-order chi connectivity index (χ1) is 5.52. The Labute approximate surface area is 85.7 Å². The lowest BCUT2D eigenvalue weighted by Gasteiger charge is -1.98. The summed E-state index contributed by atoms with van der Waals surface area (Å²) in [4.78, 5) is 13.9. The zero-order valence-corrected chi connectivity index (χ0v) is 8.43. The minimum absolute atomic E-state index is 0.0580. The number of halogens is 3. The van der Waals surface area contributed by atoms with E-state index in [1.807, 2.05) is 0 Å². The van der Waals surface area contributed by atoms with Gasteiger partial charge >= 0.3 is 5.97 Å². The molecule has 0 aromatic carbocycles. The van der Waals surface area contributed by atoms with Gasteiger partial charge in [0.25, 0.3) is 0 Å². The molecule has 0 aliphatic carbocycles. The average molecular weight is 301 g/mol. The van der Waals surface area contributed by atoms with Crippen molar-refractivity contribution in [3.05, 3.63) is 26.3 Å². The molecule has 0 atom stereocenters. The van der Waals surface area contributed by atoms with Crippen LogP contribution in [0.3, 0.4) is 0 Å². The van der Waals surface area contributed by atoms with E-state index in [-0.39, 0.29) is 14.4 Å². The summed E-state index contributed by atoms with van der Waals surface area (Å²) in [5.74, 6) is -1.97. The summed E-state index contributed by atoms with van der Waals surface area (Å²) < 4.78 is 12.8. The summed E-state index contributed by atoms with van der Waals surface area (Å²) >= 11 is 7.06. The fraction of sp³-hybridized carbons (Fsp3) is 0. The van der Waals surface area contributed by atoms with Gasteiger partial charge in [0.1, 0.15) is 8.85 Å². The van der Waals surface area contributed by atoms with Gasteiger partial charge < -0.3 is 5.11 Å². The molecule has 0 amide bonds. The number of aromatic carboxylic acids is 1. The van der Waals surface area contributed by atoms with E-state index in [2.05, 4.69) is 4.98 Å². The van der Waals surface area contributed by atoms with Crippen LogP contribution in [0.25, 0.3) is 0 Å². The van der Waals surface area contributed by atoms with Gasteiger partial charge in [-0.05, 0) is 28.7 Å². The van der Waals surface area contributed by atoms with Crippen LogP contribution < -0.4 is 0 Å². The molecule has 6 heteroatoms. The molecule has 0 fully saturated rings. The first-order valence-corrected chi connectivity index (χ1v) is 4.23. The molecule has 1 aromatic rings. The Bertz CT molecular complexity index is 345. The van der Waals surface area contributed by atoms with Crippen LogP contribution in [0.5, 0.6) is 0 Å². The Morgan fingerprint density at radius 2 is 2.33 bits per heavy atom. The molecule has 1 rings (SSSR count). The zero-order valence-electron chi connectivity index (χ0n) is 5.51. The van der Waals surface area contributed by atoms with Gasteiger partial charge in [0.2, 0.25) is 0 Å². The van der Waals surface area contributed by atoms with Gasteiger partial charge in [-0.1, -0.05) is 11.6 Å². The lowest BCUT2D eigenvalue weighted by Crippen LogP contribution is -2.02. The Morgan fingerprint density at radius 3 is 2.83 bits per heavy atom. The standard InChI is InChI=1S/C6H2ClFINO2/c7-4-2(6(11)12)1-3(8)5(9)10-4/h1H,(H,11,12). The van der Waals surface area contributed by atoms with Crippen molar-refractivity contribution in [1.29, 1.82) is 0 Å². The number of hydrogen-bond acceptors (Lipinski definition) is 2. The molecule has 1 aromatic heterocycles. The third-order valence-electron chi connectivity index (χ3n) is 1.12. The van der Waals surface area contributed by atoms with Crippen LogP contribution >= 0.6 is 34.2 Å². The topological polar surface area (TPSA) is 50.2 Å². The summed E-state index contributed by atoms with van der Waals surface area (Å²) in [6.07, 6.45) is 0. The molecular weight excluding hydrogens is 299 g/mol. The van der Waals surface area contributed by atoms with E-state index in [0.29, 0.717) is 0 Å². The fourth-order valence-corrected chi connectivity index (χ4v) is 1.36. The van der Waals surface area contributed by atoms with Crippen molar-refractivity contribution in [2.24, 2.45) is 0 Å². The fourth-order valence-electron chi connectivity index (χ4n) is 0.596. The summed E-state index contributed by atoms with van der Waals surface area (Å²) in [5.41, 5.74) is -0.324. The van der Waals surface area contributed by atoms with E-state index < -0.39 is 11.8 Å². The number of carbonyl (C=O) groups is 1. The van der Waals surface area contributed by atoms with E-state index in [1.165, 1.54) is 0 Å². The van der Waals surface area contributed by atoms with Crippen LogP contribution in [0.2, 0.25) is 5.15 Å². The van der Waals surface area contributed by atoms with E-state index in [0.717, 1.165) is 6.07 Å². The number of hydrogen-bond donors (Lipinski definition) is 1. The largest absolute Gasteiger partial charge is 0.478 e. The molecule has 0 bridgehead atoms. The van der Waals surface area contributed by atoms with E-state index in [9.17, 15) is 9.18 Å². The van der Waals surface area contributed by atoms with E-state index in [1.54, 1.807) is 22.6 Å². The van der Waals surface area contributed by atoms with Crippen LogP contribution in [0.15, 0.2) is 6.07 Å². The second-order valence-corrected chi connectivity index (χ2v) is 3.28. The summed E-state index contributed by atoms with van der Waals surface area (Å²) in [7, 11) is 0. The maximum absolute atomic E-state index is 12.7. The van der Waals surface area contributed by atoms with Crippen molar-refractivity contribution < 1.29 is 14.3 Å². The van der Waals surface area contributed by atoms with Gasteiger partial charge in [-0.2, -0.15) is 0 Å². The molecule has 0 unspecified atom stereocenters. The van der Waals surface area contributed by atoms with Crippen LogP contribution in [-0.2, 0) is 0 Å². The van der Waals surface area contributed by atoms with E-state index >= 15 is 0 Å². The van der Waals surface area contributed by atoms with Gasteiger partial charge in [-0.25, -0.2) is 14.2 Å². The number of pyridine rings is 1. The SMILES string of the molecule is O=C(O)c1cc(F)c(I)nc1Cl. The lowest BCUT2D eigenvalue weighted by molar-refractivity contribution is 0.0696. The highest BCUT2D eigenvalue weighted by Gasteiger charge is 2.13. The molecule has 64 valence electrons. The molecule has 0 saturated heterocycles. The van der Waals surface area contributed by atoms with Crippen molar-refractivity contribution >= 4 is 40.2 Å². The van der Waals surface area contributed by atoms with Crippen molar-refractivity contribution in [2.45, 2.75) is 0 Å². The van der Waals surface area contributed by atoms with Crippen LogP contribution in [0.1, 0.15) is 10.4 Å². The Morgan fingerprint density at radius 1 is 1.75 bits per heavy atom. The van der Waals surface area contributed by atoms with E-state index in [4.69, 9.17) is 16.7 Å². The van der Waals surface area contributed by atoms with Gasteiger partial charge in [-0.15, -0.1) is 0 Å². The molecule has 3 nitrogen and oxygen atoms in total. The van der Waals surface area contributed by atoms with Crippen molar-refractivity contribution in [2.75, 3.05) is 0 Å². The van der Waals surface area contributed by atoms with Gasteiger partial charge in [-0.3, -0.25) is 0 Å². The van der Waals surface area contributed by atoms with Crippen molar-refractivity contribution in [3.8, 4) is 0 Å². The Hall–Kier alpha value is -0.430. The molecule has 0 radical (unpaired) electrons. The van der Waals surface area contributed by atoms with Crippen LogP contribution in [0, 0.1) is 9.52 Å². The Kier molecular flexibility index (Phi) is 2.84. The molecule has 0 aliphatic rings. The first kappa shape index (κ1) is 9.66. The zero-order chi connectivity index (χ0) is 9.30. The maximum Gasteiger partial charge on any atom is 0.338 e. The molecule has 0 spiro atoms. The minimum atomic E-state index is -1.29. The predicted octanol–water partition coefficient (Wildman–Crippen LogP) is 2.18. The maximum atomic E-state index is 12.7. The van der Waals surface area contributed by atoms with Crippen LogP contribution in [0.4, 0.5) is 4.39 Å². The second kappa shape index (κ2) is 3.53. The number of nitrogens with zero attached hydrogens (tertiary/aromatic N) is 1. The molecule has 1 heterocycles. The smallest absolute Gasteiger partial charge is 0.338 e. The van der Waals surface area contributed by atoms with Gasteiger partial charge in [0, 0.05) is 0 Å². The van der Waals surface area contributed by atoms with Crippen molar-refractivity contribution in [1.82, 2.24) is 4.98 Å². The summed E-state index contributed by atoms with van der Waals surface area (Å²) in [5, 5.41) is 8.29. The number of rotatable bonds is 1. The number of aromatic nitrogens is 1. The molecule has 12 heavy (non-hydrogen) atoms.